The summed E-state index contributed by atoms with van der Waals surface area (Å²) in [6.45, 7) is 0.637. The van der Waals surface area contributed by atoms with E-state index in [1.807, 2.05) is 54.6 Å². The summed E-state index contributed by atoms with van der Waals surface area (Å²) in [5, 5.41) is 12.4. The molecule has 4 rings (SSSR count). The maximum atomic E-state index is 12.8. The Kier molecular flexibility index (Phi) is 6.38. The van der Waals surface area contributed by atoms with E-state index in [0.29, 0.717) is 23.4 Å². The van der Waals surface area contributed by atoms with Crippen molar-refractivity contribution >= 4 is 22.7 Å². The third-order valence-corrected chi connectivity index (χ3v) is 4.92. The van der Waals surface area contributed by atoms with Gasteiger partial charge in [-0.15, -0.1) is 0 Å². The maximum Gasteiger partial charge on any atom is 0.274 e. The predicted octanol–water partition coefficient (Wildman–Crippen LogP) is 3.86. The lowest BCUT2D eigenvalue weighted by Crippen LogP contribution is -2.24. The van der Waals surface area contributed by atoms with Crippen LogP contribution in [-0.2, 0) is 13.2 Å². The Morgan fingerprint density at radius 1 is 0.844 bits per heavy atom. The number of para-hydroxylation sites is 1. The van der Waals surface area contributed by atoms with E-state index in [0.717, 1.165) is 16.5 Å². The molecule has 32 heavy (non-hydrogen) atoms. The van der Waals surface area contributed by atoms with Crippen LogP contribution in [0.5, 0.6) is 5.75 Å². The number of nitrogens with zero attached hydrogens (tertiary/aromatic N) is 1. The van der Waals surface area contributed by atoms with Gasteiger partial charge in [0, 0.05) is 23.6 Å². The number of pyridine rings is 1. The van der Waals surface area contributed by atoms with Crippen LogP contribution < -0.4 is 15.5 Å². The Morgan fingerprint density at radius 2 is 1.56 bits per heavy atom. The molecule has 0 saturated carbocycles. The Hall–Kier alpha value is -4.23. The second-order valence-corrected chi connectivity index (χ2v) is 7.12. The Labute approximate surface area is 184 Å². The van der Waals surface area contributed by atoms with Crippen molar-refractivity contribution in [2.24, 2.45) is 0 Å². The van der Waals surface area contributed by atoms with Crippen LogP contribution in [-0.4, -0.2) is 22.0 Å². The number of amides is 2. The molecule has 0 spiro atoms. The van der Waals surface area contributed by atoms with Crippen molar-refractivity contribution in [3.8, 4) is 5.75 Å². The molecule has 0 atom stereocenters. The first-order valence-electron chi connectivity index (χ1n) is 10.0. The molecule has 2 amide bonds. The fraction of sp³-hybridized carbons (Fsp3) is 0.0800. The highest BCUT2D eigenvalue weighted by atomic mass is 16.5. The van der Waals surface area contributed by atoms with Crippen molar-refractivity contribution in [2.75, 3.05) is 0 Å². The molecule has 1 heterocycles. The van der Waals surface area contributed by atoms with E-state index in [-0.39, 0.29) is 18.1 Å². The fourth-order valence-corrected chi connectivity index (χ4v) is 3.23. The molecule has 0 radical (unpaired) electrons. The number of nitrogens with one attached hydrogen (secondary N) is 2. The molecular weight excluding hydrogens is 406 g/mol. The molecule has 0 aliphatic rings. The number of hydrogen-bond acceptors (Lipinski definition) is 5. The zero-order valence-electron chi connectivity index (χ0n) is 17.1. The molecule has 0 fully saturated rings. The van der Waals surface area contributed by atoms with E-state index >= 15 is 0 Å². The fourth-order valence-electron chi connectivity index (χ4n) is 3.23. The van der Waals surface area contributed by atoms with E-state index in [1.54, 1.807) is 35.8 Å². The van der Waals surface area contributed by atoms with Crippen molar-refractivity contribution in [1.29, 1.82) is 0 Å². The molecule has 7 nitrogen and oxygen atoms in total. The number of ether oxygens (including phenoxy) is 1. The van der Waals surface area contributed by atoms with Gasteiger partial charge in [0.25, 0.3) is 11.8 Å². The average Bonchev–Trinajstić information content (AvgIpc) is 2.86. The summed E-state index contributed by atoms with van der Waals surface area (Å²) in [4.78, 5) is 28.7. The minimum atomic E-state index is -0.594. The third kappa shape index (κ3) is 4.91. The van der Waals surface area contributed by atoms with E-state index in [1.165, 1.54) is 0 Å². The minimum absolute atomic E-state index is 0.253. The maximum absolute atomic E-state index is 12.8. The van der Waals surface area contributed by atoms with Crippen molar-refractivity contribution in [2.45, 2.75) is 13.2 Å². The number of benzene rings is 3. The van der Waals surface area contributed by atoms with E-state index in [2.05, 4.69) is 10.3 Å². The van der Waals surface area contributed by atoms with E-state index in [9.17, 15) is 9.59 Å². The second-order valence-electron chi connectivity index (χ2n) is 7.12. The third-order valence-electron chi connectivity index (χ3n) is 4.92. The monoisotopic (exact) mass is 427 g/mol. The molecule has 0 unspecified atom stereocenters. The standard InChI is InChI=1S/C25H21N3O4/c29-24(28-31)19-12-10-17(11-13-19)15-26-25(30)22-14-23(20-8-4-5-9-21(20)27-22)32-16-18-6-2-1-3-7-18/h1-14,31H,15-16H2,(H,26,30)(H,28,29). The molecule has 1 aromatic heterocycles. The van der Waals surface area contributed by atoms with Crippen molar-refractivity contribution in [3.05, 3.63) is 107 Å². The van der Waals surface area contributed by atoms with Gasteiger partial charge >= 0.3 is 0 Å². The van der Waals surface area contributed by atoms with Gasteiger partial charge in [-0.05, 0) is 35.4 Å². The van der Waals surface area contributed by atoms with Gasteiger partial charge in [0.2, 0.25) is 0 Å². The number of rotatable bonds is 7. The summed E-state index contributed by atoms with van der Waals surface area (Å²) >= 11 is 0. The number of hydrogen-bond donors (Lipinski definition) is 3. The highest BCUT2D eigenvalue weighted by Crippen LogP contribution is 2.26. The summed E-state index contributed by atoms with van der Waals surface area (Å²) in [7, 11) is 0. The lowest BCUT2D eigenvalue weighted by molar-refractivity contribution is 0.0706. The number of hydroxylamine groups is 1. The van der Waals surface area contributed by atoms with Crippen LogP contribution in [0.25, 0.3) is 10.9 Å². The first-order valence-corrected chi connectivity index (χ1v) is 10.0. The molecule has 7 heteroatoms. The normalized spacial score (nSPS) is 10.5. The average molecular weight is 427 g/mol. The summed E-state index contributed by atoms with van der Waals surface area (Å²) < 4.78 is 6.03. The van der Waals surface area contributed by atoms with Gasteiger partial charge in [0.05, 0.1) is 5.52 Å². The van der Waals surface area contributed by atoms with Crippen LogP contribution in [0.3, 0.4) is 0 Å². The predicted molar refractivity (Wildman–Crippen MR) is 119 cm³/mol. The summed E-state index contributed by atoms with van der Waals surface area (Å²) in [6.07, 6.45) is 0. The van der Waals surface area contributed by atoms with Crippen LogP contribution in [0.1, 0.15) is 32.0 Å². The van der Waals surface area contributed by atoms with Gasteiger partial charge in [-0.3, -0.25) is 14.8 Å². The van der Waals surface area contributed by atoms with Crippen LogP contribution in [0.2, 0.25) is 0 Å². The van der Waals surface area contributed by atoms with Crippen molar-refractivity contribution < 1.29 is 19.5 Å². The number of fused-ring (bicyclic) bond motifs is 1. The number of aromatic nitrogens is 1. The Bertz CT molecular complexity index is 1240. The van der Waals surface area contributed by atoms with E-state index in [4.69, 9.17) is 9.94 Å². The van der Waals surface area contributed by atoms with E-state index < -0.39 is 5.91 Å². The van der Waals surface area contributed by atoms with Crippen LogP contribution in [0.15, 0.2) is 84.9 Å². The van der Waals surface area contributed by atoms with Gasteiger partial charge < -0.3 is 10.1 Å². The smallest absolute Gasteiger partial charge is 0.274 e. The highest BCUT2D eigenvalue weighted by Gasteiger charge is 2.13. The molecule has 3 N–H and O–H groups in total. The lowest BCUT2D eigenvalue weighted by Gasteiger charge is -2.12. The largest absolute Gasteiger partial charge is 0.488 e. The molecule has 160 valence electrons. The first kappa shape index (κ1) is 21.0. The summed E-state index contributed by atoms with van der Waals surface area (Å²) in [6, 6.07) is 25.5. The topological polar surface area (TPSA) is 101 Å². The molecule has 0 aliphatic carbocycles. The van der Waals surface area contributed by atoms with Gasteiger partial charge in [0.1, 0.15) is 18.1 Å². The number of carbonyl (C=O) groups excluding carboxylic acids is 2. The number of carbonyl (C=O) groups is 2. The molecule has 0 saturated heterocycles. The summed E-state index contributed by atoms with van der Waals surface area (Å²) in [5.74, 6) is -0.342. The Balaban J connectivity index is 1.50. The zero-order chi connectivity index (χ0) is 22.3. The van der Waals surface area contributed by atoms with Gasteiger partial charge in [0.15, 0.2) is 0 Å². The second kappa shape index (κ2) is 9.72. The Morgan fingerprint density at radius 3 is 2.31 bits per heavy atom. The minimum Gasteiger partial charge on any atom is -0.488 e. The van der Waals surface area contributed by atoms with Gasteiger partial charge in [-0.1, -0.05) is 54.6 Å². The van der Waals surface area contributed by atoms with Gasteiger partial charge in [-0.2, -0.15) is 0 Å². The molecule has 4 aromatic rings. The zero-order valence-corrected chi connectivity index (χ0v) is 17.1. The highest BCUT2D eigenvalue weighted by molar-refractivity contribution is 5.97. The van der Waals surface area contributed by atoms with Crippen molar-refractivity contribution in [1.82, 2.24) is 15.8 Å². The first-order chi connectivity index (χ1) is 15.6. The van der Waals surface area contributed by atoms with Crippen molar-refractivity contribution in [3.63, 3.8) is 0 Å². The van der Waals surface area contributed by atoms with Crippen LogP contribution in [0, 0.1) is 0 Å². The molecule has 3 aromatic carbocycles. The molecule has 0 bridgehead atoms. The van der Waals surface area contributed by atoms with Crippen LogP contribution in [0.4, 0.5) is 0 Å². The summed E-state index contributed by atoms with van der Waals surface area (Å²) in [5.41, 5.74) is 4.65. The quantitative estimate of drug-likeness (QED) is 0.307. The van der Waals surface area contributed by atoms with Gasteiger partial charge in [-0.25, -0.2) is 10.5 Å². The molecule has 0 aliphatic heterocycles. The SMILES string of the molecule is O=C(NO)c1ccc(CNC(=O)c2cc(OCc3ccccc3)c3ccccc3n2)cc1. The van der Waals surface area contributed by atoms with Crippen LogP contribution >= 0.6 is 0 Å². The molecular formula is C25H21N3O4. The lowest BCUT2D eigenvalue weighted by atomic mass is 10.1.